The molecule has 0 saturated heterocycles. The molecule has 0 aliphatic heterocycles. The molecule has 0 amide bonds. The van der Waals surface area contributed by atoms with Crippen molar-refractivity contribution in [3.8, 4) is 0 Å². The van der Waals surface area contributed by atoms with Gasteiger partial charge in [-0.3, -0.25) is 9.59 Å². The van der Waals surface area contributed by atoms with Gasteiger partial charge in [-0.1, -0.05) is 34.6 Å². The van der Waals surface area contributed by atoms with E-state index in [1.165, 1.54) is 0 Å². The molecule has 0 rings (SSSR count). The fraction of sp³-hybridized carbons (Fsp3) is 0.867. The number of carbonyl (C=O) groups is 2. The number of ether oxygens (including phenoxy) is 1. The van der Waals surface area contributed by atoms with Crippen LogP contribution in [-0.2, 0) is 14.3 Å². The van der Waals surface area contributed by atoms with Gasteiger partial charge >= 0.3 is 11.9 Å². The van der Waals surface area contributed by atoms with Gasteiger partial charge in [0.15, 0.2) is 0 Å². The van der Waals surface area contributed by atoms with E-state index in [1.807, 2.05) is 34.6 Å². The van der Waals surface area contributed by atoms with Crippen molar-refractivity contribution in [2.24, 2.45) is 23.2 Å². The van der Waals surface area contributed by atoms with E-state index in [-0.39, 0.29) is 24.4 Å². The van der Waals surface area contributed by atoms with E-state index in [9.17, 15) is 14.7 Å². The van der Waals surface area contributed by atoms with Gasteiger partial charge in [-0.2, -0.15) is 0 Å². The minimum atomic E-state index is -0.926. The van der Waals surface area contributed by atoms with Gasteiger partial charge in [0.2, 0.25) is 0 Å². The lowest BCUT2D eigenvalue weighted by molar-refractivity contribution is -0.171. The van der Waals surface area contributed by atoms with Gasteiger partial charge in [0, 0.05) is 0 Å². The third-order valence-electron chi connectivity index (χ3n) is 3.61. The topological polar surface area (TPSA) is 63.6 Å². The quantitative estimate of drug-likeness (QED) is 0.688. The van der Waals surface area contributed by atoms with Gasteiger partial charge in [-0.15, -0.1) is 0 Å². The summed E-state index contributed by atoms with van der Waals surface area (Å²) in [4.78, 5) is 24.0. The van der Waals surface area contributed by atoms with E-state index in [0.29, 0.717) is 12.8 Å². The average Bonchev–Trinajstić information content (AvgIpc) is 2.26. The third kappa shape index (κ3) is 4.22. The summed E-state index contributed by atoms with van der Waals surface area (Å²) in [6.45, 7) is 11.6. The molecule has 2 atom stereocenters. The fourth-order valence-corrected chi connectivity index (χ4v) is 3.01. The molecule has 0 aliphatic carbocycles. The molecule has 2 unspecified atom stereocenters. The van der Waals surface area contributed by atoms with Crippen molar-refractivity contribution in [3.63, 3.8) is 0 Å². The molecule has 4 nitrogen and oxygen atoms in total. The van der Waals surface area contributed by atoms with Crippen molar-refractivity contribution >= 4 is 11.9 Å². The van der Waals surface area contributed by atoms with Crippen molar-refractivity contribution in [2.45, 2.75) is 54.4 Å². The predicted molar refractivity (Wildman–Crippen MR) is 74.8 cm³/mol. The maximum atomic E-state index is 12.4. The van der Waals surface area contributed by atoms with Crippen molar-refractivity contribution < 1.29 is 19.4 Å². The first kappa shape index (κ1) is 17.9. The molecular weight excluding hydrogens is 244 g/mol. The van der Waals surface area contributed by atoms with Crippen LogP contribution in [0.2, 0.25) is 0 Å². The smallest absolute Gasteiger partial charge is 0.312 e. The zero-order valence-corrected chi connectivity index (χ0v) is 13.0. The van der Waals surface area contributed by atoms with Gasteiger partial charge in [0.25, 0.3) is 0 Å². The second kappa shape index (κ2) is 7.51. The summed E-state index contributed by atoms with van der Waals surface area (Å²) in [6, 6.07) is 0. The summed E-state index contributed by atoms with van der Waals surface area (Å²) >= 11 is 0. The van der Waals surface area contributed by atoms with Crippen LogP contribution < -0.4 is 0 Å². The predicted octanol–water partition coefficient (Wildman–Crippen LogP) is 3.35. The Morgan fingerprint density at radius 3 is 1.95 bits per heavy atom. The highest BCUT2D eigenvalue weighted by Gasteiger charge is 2.50. The Morgan fingerprint density at radius 1 is 1.16 bits per heavy atom. The monoisotopic (exact) mass is 272 g/mol. The number of rotatable bonds is 8. The normalized spacial score (nSPS) is 16.2. The second-order valence-electron chi connectivity index (χ2n) is 5.89. The zero-order chi connectivity index (χ0) is 15.2. The molecule has 0 aromatic carbocycles. The van der Waals surface area contributed by atoms with Crippen LogP contribution in [0.25, 0.3) is 0 Å². The fourth-order valence-electron chi connectivity index (χ4n) is 3.01. The van der Waals surface area contributed by atoms with Gasteiger partial charge in [0.1, 0.15) is 0 Å². The first-order valence-electron chi connectivity index (χ1n) is 7.12. The van der Waals surface area contributed by atoms with Crippen LogP contribution in [0.3, 0.4) is 0 Å². The van der Waals surface area contributed by atoms with E-state index >= 15 is 0 Å². The van der Waals surface area contributed by atoms with Crippen molar-refractivity contribution in [1.29, 1.82) is 0 Å². The minimum absolute atomic E-state index is 0.111. The van der Waals surface area contributed by atoms with Crippen LogP contribution in [0.4, 0.5) is 0 Å². The van der Waals surface area contributed by atoms with Crippen LogP contribution in [0.15, 0.2) is 0 Å². The summed E-state index contributed by atoms with van der Waals surface area (Å²) in [7, 11) is 0. The second-order valence-corrected chi connectivity index (χ2v) is 5.89. The molecule has 19 heavy (non-hydrogen) atoms. The van der Waals surface area contributed by atoms with E-state index < -0.39 is 17.3 Å². The van der Waals surface area contributed by atoms with E-state index in [2.05, 4.69) is 0 Å². The molecule has 4 heteroatoms. The molecule has 0 radical (unpaired) electrons. The molecule has 0 aliphatic rings. The van der Waals surface area contributed by atoms with E-state index in [1.54, 1.807) is 6.92 Å². The highest BCUT2D eigenvalue weighted by molar-refractivity contribution is 5.84. The SMILES string of the molecule is CCOC(=O)C(CC)(CC(C)C)C(C(=O)O)C(C)C. The molecule has 0 spiro atoms. The minimum Gasteiger partial charge on any atom is -0.481 e. The third-order valence-corrected chi connectivity index (χ3v) is 3.61. The first-order chi connectivity index (χ1) is 8.72. The Labute approximate surface area is 116 Å². The first-order valence-corrected chi connectivity index (χ1v) is 7.12. The Balaban J connectivity index is 5.67. The number of carboxylic acids is 1. The lowest BCUT2D eigenvalue weighted by Crippen LogP contribution is -2.46. The summed E-state index contributed by atoms with van der Waals surface area (Å²) in [5.74, 6) is -1.86. The van der Waals surface area contributed by atoms with Crippen LogP contribution in [0.5, 0.6) is 0 Å². The van der Waals surface area contributed by atoms with Crippen LogP contribution >= 0.6 is 0 Å². The standard InChI is InChI=1S/C15H28O4/c1-7-15(9-10(3)4,14(18)19-8-2)12(11(5)6)13(16)17/h10-12H,7-9H2,1-6H3,(H,16,17). The number of esters is 1. The van der Waals surface area contributed by atoms with E-state index in [0.717, 1.165) is 0 Å². The highest BCUT2D eigenvalue weighted by Crippen LogP contribution is 2.43. The molecule has 0 aromatic rings. The maximum Gasteiger partial charge on any atom is 0.312 e. The van der Waals surface area contributed by atoms with Crippen molar-refractivity contribution in [2.75, 3.05) is 6.61 Å². The van der Waals surface area contributed by atoms with Crippen LogP contribution in [-0.4, -0.2) is 23.7 Å². The number of carboxylic acid groups (broad SMARTS) is 1. The molecule has 0 bridgehead atoms. The molecule has 0 heterocycles. The Hall–Kier alpha value is -1.06. The van der Waals surface area contributed by atoms with Gasteiger partial charge in [-0.25, -0.2) is 0 Å². The summed E-state index contributed by atoms with van der Waals surface area (Å²) in [5.41, 5.74) is -0.926. The van der Waals surface area contributed by atoms with Crippen LogP contribution in [0.1, 0.15) is 54.4 Å². The van der Waals surface area contributed by atoms with Crippen molar-refractivity contribution in [1.82, 2.24) is 0 Å². The Bertz CT molecular complexity index is 309. The van der Waals surface area contributed by atoms with Gasteiger partial charge in [-0.05, 0) is 31.6 Å². The van der Waals surface area contributed by atoms with Gasteiger partial charge < -0.3 is 9.84 Å². The lowest BCUT2D eigenvalue weighted by Gasteiger charge is -2.39. The average molecular weight is 272 g/mol. The lowest BCUT2D eigenvalue weighted by atomic mass is 9.64. The summed E-state index contributed by atoms with van der Waals surface area (Å²) in [5, 5.41) is 9.53. The molecule has 112 valence electrons. The Morgan fingerprint density at radius 2 is 1.68 bits per heavy atom. The Kier molecular flexibility index (Phi) is 7.09. The number of hydrogen-bond donors (Lipinski definition) is 1. The number of carbonyl (C=O) groups excluding carboxylic acids is 1. The molecule has 0 saturated carbocycles. The molecule has 0 aromatic heterocycles. The van der Waals surface area contributed by atoms with E-state index in [4.69, 9.17) is 4.74 Å². The van der Waals surface area contributed by atoms with Gasteiger partial charge in [0.05, 0.1) is 17.9 Å². The number of hydrogen-bond acceptors (Lipinski definition) is 3. The van der Waals surface area contributed by atoms with Crippen molar-refractivity contribution in [3.05, 3.63) is 0 Å². The largest absolute Gasteiger partial charge is 0.481 e. The summed E-state index contributed by atoms with van der Waals surface area (Å²) in [6.07, 6.45) is 1.02. The highest BCUT2D eigenvalue weighted by atomic mass is 16.5. The summed E-state index contributed by atoms with van der Waals surface area (Å²) < 4.78 is 5.18. The number of aliphatic carboxylic acids is 1. The molecular formula is C15H28O4. The zero-order valence-electron chi connectivity index (χ0n) is 13.0. The van der Waals surface area contributed by atoms with Crippen LogP contribution in [0, 0.1) is 23.2 Å². The molecule has 1 N–H and O–H groups in total. The molecule has 0 fully saturated rings. The maximum absolute atomic E-state index is 12.4.